The van der Waals surface area contributed by atoms with E-state index in [1.165, 1.54) is 43.5 Å². The molecular weight excluding hydrogens is 518 g/mol. The number of methoxy groups -OCH3 is 1. The van der Waals surface area contributed by atoms with Crippen molar-refractivity contribution in [1.82, 2.24) is 10.2 Å². The molecule has 7 nitrogen and oxygen atoms in total. The zero-order valence-corrected chi connectivity index (χ0v) is 22.4. The maximum absolute atomic E-state index is 13.4. The van der Waals surface area contributed by atoms with Gasteiger partial charge in [-0.3, -0.25) is 9.59 Å². The average molecular weight is 553 g/mol. The topological polar surface area (TPSA) is 99.1 Å². The zero-order valence-electron chi connectivity index (χ0n) is 22.4. The lowest BCUT2D eigenvalue weighted by atomic mass is 9.87. The summed E-state index contributed by atoms with van der Waals surface area (Å²) in [6.07, 6.45) is 3.28. The van der Waals surface area contributed by atoms with Crippen molar-refractivity contribution in [2.75, 3.05) is 26.7 Å². The minimum atomic E-state index is -0.424. The van der Waals surface area contributed by atoms with Gasteiger partial charge in [-0.1, -0.05) is 30.7 Å². The molecular formula is C31H34F2N2O5. The van der Waals surface area contributed by atoms with Gasteiger partial charge in [0.15, 0.2) is 11.5 Å². The number of phenols is 2. The first-order valence-electron chi connectivity index (χ1n) is 13.4. The molecule has 40 heavy (non-hydrogen) atoms. The Balaban J connectivity index is 1.22. The van der Waals surface area contributed by atoms with Crippen molar-refractivity contribution in [3.05, 3.63) is 89.0 Å². The smallest absolute Gasteiger partial charge is 0.254 e. The number of unbranched alkanes of at least 4 members (excludes halogenated alkanes) is 1. The summed E-state index contributed by atoms with van der Waals surface area (Å²) in [5.74, 6) is -1.69. The Labute approximate surface area is 232 Å². The summed E-state index contributed by atoms with van der Waals surface area (Å²) in [7, 11) is 1.34. The van der Waals surface area contributed by atoms with E-state index in [2.05, 4.69) is 5.32 Å². The summed E-state index contributed by atoms with van der Waals surface area (Å²) in [5.41, 5.74) is 2.11. The predicted octanol–water partition coefficient (Wildman–Crippen LogP) is 5.36. The number of nitrogens with zero attached hydrogens (tertiary/aromatic N) is 1. The molecule has 1 heterocycles. The van der Waals surface area contributed by atoms with E-state index in [9.17, 15) is 28.6 Å². The lowest BCUT2D eigenvalue weighted by Gasteiger charge is -2.19. The molecule has 1 fully saturated rings. The van der Waals surface area contributed by atoms with E-state index < -0.39 is 11.5 Å². The molecule has 9 heteroatoms. The molecule has 2 amide bonds. The Morgan fingerprint density at radius 2 is 1.62 bits per heavy atom. The van der Waals surface area contributed by atoms with E-state index in [-0.39, 0.29) is 46.6 Å². The standard InChI is InChI=1S/C31H34F2N2O5/c1-40-28-17-23(16-27(36)30(28)38)31(39)35-15-14-20(19-35)18-34-29(37)5-3-2-4-26(21-6-10-24(32)11-7-21)22-8-12-25(33)13-9-22/h6-13,16-17,20,26,36,38H,2-5,14-15,18-19H2,1H3,(H,34,37). The van der Waals surface area contributed by atoms with Crippen molar-refractivity contribution in [3.63, 3.8) is 0 Å². The van der Waals surface area contributed by atoms with Crippen LogP contribution < -0.4 is 10.1 Å². The zero-order chi connectivity index (χ0) is 28.6. The Bertz CT molecular complexity index is 1270. The lowest BCUT2D eigenvalue weighted by molar-refractivity contribution is -0.121. The van der Waals surface area contributed by atoms with Gasteiger partial charge in [0.25, 0.3) is 5.91 Å². The maximum Gasteiger partial charge on any atom is 0.254 e. The van der Waals surface area contributed by atoms with Crippen molar-refractivity contribution >= 4 is 11.8 Å². The van der Waals surface area contributed by atoms with Gasteiger partial charge in [-0.2, -0.15) is 0 Å². The van der Waals surface area contributed by atoms with Crippen LogP contribution in [0, 0.1) is 17.6 Å². The highest BCUT2D eigenvalue weighted by atomic mass is 19.1. The van der Waals surface area contributed by atoms with Crippen molar-refractivity contribution < 1.29 is 33.3 Å². The van der Waals surface area contributed by atoms with Gasteiger partial charge < -0.3 is 25.2 Å². The largest absolute Gasteiger partial charge is 0.504 e. The normalized spacial score (nSPS) is 14.9. The number of hydrogen-bond donors (Lipinski definition) is 3. The van der Waals surface area contributed by atoms with Crippen LogP contribution >= 0.6 is 0 Å². The first kappa shape index (κ1) is 28.9. The van der Waals surface area contributed by atoms with E-state index in [0.29, 0.717) is 32.5 Å². The third-order valence-corrected chi connectivity index (χ3v) is 7.37. The Hall–Kier alpha value is -4.14. The molecule has 3 aromatic carbocycles. The highest BCUT2D eigenvalue weighted by molar-refractivity contribution is 5.95. The van der Waals surface area contributed by atoms with Crippen LogP contribution in [0.15, 0.2) is 60.7 Å². The number of benzene rings is 3. The van der Waals surface area contributed by atoms with Crippen LogP contribution in [0.25, 0.3) is 0 Å². The number of carbonyl (C=O) groups excluding carboxylic acids is 2. The summed E-state index contributed by atoms with van der Waals surface area (Å²) >= 11 is 0. The number of halogens is 2. The molecule has 0 aliphatic carbocycles. The van der Waals surface area contributed by atoms with Crippen molar-refractivity contribution in [1.29, 1.82) is 0 Å². The average Bonchev–Trinajstić information content (AvgIpc) is 3.43. The third kappa shape index (κ3) is 7.28. The van der Waals surface area contributed by atoms with Gasteiger partial charge in [-0.15, -0.1) is 0 Å². The van der Waals surface area contributed by atoms with Crippen LogP contribution in [0.3, 0.4) is 0 Å². The molecule has 1 unspecified atom stereocenters. The Morgan fingerprint density at radius 1 is 1.00 bits per heavy atom. The molecule has 0 aromatic heterocycles. The Kier molecular flexibility index (Phi) is 9.58. The minimum absolute atomic E-state index is 0.0213. The van der Waals surface area contributed by atoms with Crippen LogP contribution in [0.4, 0.5) is 8.78 Å². The molecule has 1 aliphatic rings. The van der Waals surface area contributed by atoms with Gasteiger partial charge in [0.05, 0.1) is 7.11 Å². The number of ether oxygens (including phenoxy) is 1. The summed E-state index contributed by atoms with van der Waals surface area (Å²) in [5, 5.41) is 22.6. The number of aromatic hydroxyl groups is 2. The minimum Gasteiger partial charge on any atom is -0.504 e. The van der Waals surface area contributed by atoms with Gasteiger partial charge in [0.2, 0.25) is 11.7 Å². The van der Waals surface area contributed by atoms with Crippen molar-refractivity contribution in [2.24, 2.45) is 5.92 Å². The van der Waals surface area contributed by atoms with Crippen LogP contribution in [0.2, 0.25) is 0 Å². The van der Waals surface area contributed by atoms with E-state index in [0.717, 1.165) is 30.4 Å². The second kappa shape index (κ2) is 13.3. The molecule has 1 atom stereocenters. The number of phenolic OH excluding ortho intramolecular Hbond substituents is 2. The number of rotatable bonds is 11. The van der Waals surface area contributed by atoms with Crippen LogP contribution in [-0.4, -0.2) is 53.7 Å². The third-order valence-electron chi connectivity index (χ3n) is 7.37. The first-order valence-corrected chi connectivity index (χ1v) is 13.4. The van der Waals surface area contributed by atoms with Gasteiger partial charge in [0.1, 0.15) is 11.6 Å². The number of carbonyl (C=O) groups is 2. The highest BCUT2D eigenvalue weighted by Crippen LogP contribution is 2.37. The predicted molar refractivity (Wildman–Crippen MR) is 146 cm³/mol. The summed E-state index contributed by atoms with van der Waals surface area (Å²) in [6.45, 7) is 1.46. The number of amides is 2. The molecule has 3 N–H and O–H groups in total. The maximum atomic E-state index is 13.4. The first-order chi connectivity index (χ1) is 19.2. The van der Waals surface area contributed by atoms with Crippen molar-refractivity contribution in [2.45, 2.75) is 38.0 Å². The van der Waals surface area contributed by atoms with Gasteiger partial charge in [0, 0.05) is 37.5 Å². The molecule has 3 aromatic rings. The molecule has 4 rings (SSSR count). The van der Waals surface area contributed by atoms with Gasteiger partial charge >= 0.3 is 0 Å². The van der Waals surface area contributed by atoms with E-state index >= 15 is 0 Å². The fourth-order valence-electron chi connectivity index (χ4n) is 5.14. The summed E-state index contributed by atoms with van der Waals surface area (Å²) in [4.78, 5) is 27.0. The van der Waals surface area contributed by atoms with Crippen molar-refractivity contribution in [3.8, 4) is 17.2 Å². The van der Waals surface area contributed by atoms with Crippen LogP contribution in [-0.2, 0) is 4.79 Å². The fraction of sp³-hybridized carbons (Fsp3) is 0.355. The number of nitrogens with one attached hydrogen (secondary N) is 1. The van der Waals surface area contributed by atoms with Crippen LogP contribution in [0.5, 0.6) is 17.2 Å². The molecule has 0 saturated carbocycles. The Morgan fingerprint density at radius 3 is 2.23 bits per heavy atom. The van der Waals surface area contributed by atoms with Gasteiger partial charge in [-0.05, 0) is 72.7 Å². The second-order valence-corrected chi connectivity index (χ2v) is 10.2. The number of hydrogen-bond acceptors (Lipinski definition) is 5. The SMILES string of the molecule is COc1cc(C(=O)N2CCC(CNC(=O)CCCCC(c3ccc(F)cc3)c3ccc(F)cc3)C2)cc(O)c1O. The molecule has 212 valence electrons. The quantitative estimate of drug-likeness (QED) is 0.220. The van der Waals surface area contributed by atoms with Crippen LogP contribution in [0.1, 0.15) is 59.5 Å². The lowest BCUT2D eigenvalue weighted by Crippen LogP contribution is -2.33. The molecule has 0 bridgehead atoms. The molecule has 0 spiro atoms. The second-order valence-electron chi connectivity index (χ2n) is 10.2. The van der Waals surface area contributed by atoms with E-state index in [4.69, 9.17) is 4.74 Å². The summed E-state index contributed by atoms with van der Waals surface area (Å²) in [6, 6.07) is 15.3. The molecule has 0 radical (unpaired) electrons. The number of likely N-dealkylation sites (tertiary alicyclic amines) is 1. The molecule has 1 aliphatic heterocycles. The van der Waals surface area contributed by atoms with E-state index in [1.807, 2.05) is 0 Å². The fourth-order valence-corrected chi connectivity index (χ4v) is 5.14. The van der Waals surface area contributed by atoms with E-state index in [1.54, 1.807) is 29.2 Å². The summed E-state index contributed by atoms with van der Waals surface area (Å²) < 4.78 is 31.9. The highest BCUT2D eigenvalue weighted by Gasteiger charge is 2.28. The molecule has 1 saturated heterocycles. The van der Waals surface area contributed by atoms with Gasteiger partial charge in [-0.25, -0.2) is 8.78 Å². The monoisotopic (exact) mass is 552 g/mol.